The van der Waals surface area contributed by atoms with E-state index in [1.165, 1.54) is 7.11 Å². The van der Waals surface area contributed by atoms with Crippen molar-refractivity contribution in [3.8, 4) is 5.75 Å². The Bertz CT molecular complexity index is 790. The van der Waals surface area contributed by atoms with Crippen molar-refractivity contribution >= 4 is 29.5 Å². The Morgan fingerprint density at radius 1 is 1.14 bits per heavy atom. The van der Waals surface area contributed by atoms with Gasteiger partial charge in [0.25, 0.3) is 0 Å². The lowest BCUT2D eigenvalue weighted by atomic mass is 10.1. The summed E-state index contributed by atoms with van der Waals surface area (Å²) in [6.07, 6.45) is 3.89. The van der Waals surface area contributed by atoms with Crippen LogP contribution in [0.2, 0.25) is 0 Å². The molecule has 0 atom stereocenters. The van der Waals surface area contributed by atoms with Crippen LogP contribution in [0.1, 0.15) is 41.3 Å². The van der Waals surface area contributed by atoms with Crippen molar-refractivity contribution in [3.05, 3.63) is 65.2 Å². The first-order chi connectivity index (χ1) is 13.6. The van der Waals surface area contributed by atoms with Gasteiger partial charge in [0.1, 0.15) is 12.4 Å². The number of thiocarbonyl (C=S) groups is 1. The van der Waals surface area contributed by atoms with Gasteiger partial charge in [0.05, 0.1) is 18.9 Å². The van der Waals surface area contributed by atoms with Gasteiger partial charge in [-0.15, -0.1) is 0 Å². The van der Waals surface area contributed by atoms with Gasteiger partial charge in [0, 0.05) is 6.54 Å². The van der Waals surface area contributed by atoms with Crippen LogP contribution in [0.25, 0.3) is 0 Å². The topological polar surface area (TPSA) is 72.0 Å². The first kappa shape index (κ1) is 21.4. The molecule has 0 aliphatic carbocycles. The highest BCUT2D eigenvalue weighted by Gasteiger charge is 2.04. The van der Waals surface area contributed by atoms with E-state index in [0.29, 0.717) is 17.3 Å². The smallest absolute Gasteiger partial charge is 0.337 e. The van der Waals surface area contributed by atoms with E-state index in [2.05, 4.69) is 27.5 Å². The van der Waals surface area contributed by atoms with E-state index in [1.54, 1.807) is 18.3 Å². The van der Waals surface area contributed by atoms with Crippen LogP contribution in [-0.2, 0) is 11.3 Å². The third-order valence-corrected chi connectivity index (χ3v) is 4.09. The molecule has 0 saturated carbocycles. The van der Waals surface area contributed by atoms with Gasteiger partial charge in [-0.05, 0) is 66.2 Å². The minimum Gasteiger partial charge on any atom is -0.489 e. The number of carbonyl (C=O) groups is 1. The highest BCUT2D eigenvalue weighted by molar-refractivity contribution is 7.80. The lowest BCUT2D eigenvalue weighted by Gasteiger charge is -2.07. The van der Waals surface area contributed by atoms with Crippen molar-refractivity contribution in [2.75, 3.05) is 13.7 Å². The summed E-state index contributed by atoms with van der Waals surface area (Å²) in [6.45, 7) is 3.38. The average Bonchev–Trinajstić information content (AvgIpc) is 2.73. The second kappa shape index (κ2) is 11.7. The second-order valence-electron chi connectivity index (χ2n) is 6.03. The zero-order valence-corrected chi connectivity index (χ0v) is 16.9. The van der Waals surface area contributed by atoms with E-state index >= 15 is 0 Å². The summed E-state index contributed by atoms with van der Waals surface area (Å²) in [7, 11) is 1.36. The third-order valence-electron chi connectivity index (χ3n) is 3.86. The third kappa shape index (κ3) is 7.36. The second-order valence-corrected chi connectivity index (χ2v) is 6.43. The van der Waals surface area contributed by atoms with Crippen molar-refractivity contribution < 1.29 is 14.3 Å². The van der Waals surface area contributed by atoms with E-state index in [9.17, 15) is 4.79 Å². The highest BCUT2D eigenvalue weighted by atomic mass is 32.1. The minimum absolute atomic E-state index is 0.350. The summed E-state index contributed by atoms with van der Waals surface area (Å²) in [4.78, 5) is 11.4. The van der Waals surface area contributed by atoms with E-state index < -0.39 is 0 Å². The summed E-state index contributed by atoms with van der Waals surface area (Å²) in [5, 5.41) is 7.72. The number of esters is 1. The standard InChI is InChI=1S/C21H25N3O3S/c1-3-4-13-22-21(28)24-23-14-16-7-11-19(12-8-16)27-15-17-5-9-18(10-6-17)20(25)26-2/h5-12,14H,3-4,13,15H2,1-2H3,(H2,22,24,28)/b23-14+. The molecule has 0 radical (unpaired) electrons. The number of hydrogen-bond acceptors (Lipinski definition) is 5. The first-order valence-electron chi connectivity index (χ1n) is 9.09. The number of methoxy groups -OCH3 is 1. The molecular formula is C21H25N3O3S. The summed E-state index contributed by atoms with van der Waals surface area (Å²) in [5.74, 6) is 0.399. The Morgan fingerprint density at radius 3 is 2.50 bits per heavy atom. The molecule has 0 aromatic heterocycles. The van der Waals surface area contributed by atoms with Crippen molar-refractivity contribution in [2.45, 2.75) is 26.4 Å². The maximum atomic E-state index is 11.4. The molecule has 0 heterocycles. The molecule has 0 aliphatic heterocycles. The van der Waals surface area contributed by atoms with E-state index in [0.717, 1.165) is 36.3 Å². The number of hydrogen-bond donors (Lipinski definition) is 2. The first-order valence-corrected chi connectivity index (χ1v) is 9.50. The molecule has 0 spiro atoms. The van der Waals surface area contributed by atoms with Crippen molar-refractivity contribution in [3.63, 3.8) is 0 Å². The number of nitrogens with one attached hydrogen (secondary N) is 2. The van der Waals surface area contributed by atoms with Crippen LogP contribution >= 0.6 is 12.2 Å². The van der Waals surface area contributed by atoms with Crippen LogP contribution < -0.4 is 15.5 Å². The van der Waals surface area contributed by atoms with Crippen LogP contribution in [0, 0.1) is 0 Å². The minimum atomic E-state index is -0.350. The fraction of sp³-hybridized carbons (Fsp3) is 0.286. The fourth-order valence-corrected chi connectivity index (χ4v) is 2.41. The van der Waals surface area contributed by atoms with Gasteiger partial charge in [-0.25, -0.2) is 4.79 Å². The van der Waals surface area contributed by atoms with Gasteiger partial charge >= 0.3 is 5.97 Å². The number of unbranched alkanes of at least 4 members (excludes halogenated alkanes) is 1. The van der Waals surface area contributed by atoms with E-state index in [1.807, 2.05) is 36.4 Å². The largest absolute Gasteiger partial charge is 0.489 e. The van der Waals surface area contributed by atoms with Crippen molar-refractivity contribution in [1.82, 2.24) is 10.7 Å². The summed E-state index contributed by atoms with van der Waals surface area (Å²) < 4.78 is 10.4. The van der Waals surface area contributed by atoms with E-state index in [4.69, 9.17) is 17.0 Å². The molecule has 28 heavy (non-hydrogen) atoms. The molecule has 6 nitrogen and oxygen atoms in total. The number of hydrazone groups is 1. The summed E-state index contributed by atoms with van der Waals surface area (Å²) in [6, 6.07) is 14.7. The van der Waals surface area contributed by atoms with E-state index in [-0.39, 0.29) is 5.97 Å². The van der Waals surface area contributed by atoms with Gasteiger partial charge < -0.3 is 14.8 Å². The number of ether oxygens (including phenoxy) is 2. The maximum absolute atomic E-state index is 11.4. The SMILES string of the molecule is CCCCNC(=S)N/N=C/c1ccc(OCc2ccc(C(=O)OC)cc2)cc1. The monoisotopic (exact) mass is 399 g/mol. The molecule has 0 unspecified atom stereocenters. The van der Waals surface area contributed by atoms with Gasteiger partial charge in [0.15, 0.2) is 5.11 Å². The molecule has 7 heteroatoms. The molecular weight excluding hydrogens is 374 g/mol. The van der Waals surface area contributed by atoms with Crippen LogP contribution in [0.15, 0.2) is 53.6 Å². The molecule has 148 valence electrons. The normalized spacial score (nSPS) is 10.5. The lowest BCUT2D eigenvalue weighted by molar-refractivity contribution is 0.0600. The zero-order chi connectivity index (χ0) is 20.2. The Labute approximate surface area is 170 Å². The van der Waals surface area contributed by atoms with Crippen molar-refractivity contribution in [1.29, 1.82) is 0 Å². The Balaban J connectivity index is 1.78. The highest BCUT2D eigenvalue weighted by Crippen LogP contribution is 2.14. The fourth-order valence-electron chi connectivity index (χ4n) is 2.26. The molecule has 2 rings (SSSR count). The number of nitrogens with zero attached hydrogens (tertiary/aromatic N) is 1. The molecule has 0 saturated heterocycles. The molecule has 2 aromatic rings. The Morgan fingerprint density at radius 2 is 1.86 bits per heavy atom. The predicted octanol–water partition coefficient (Wildman–Crippen LogP) is 3.65. The summed E-state index contributed by atoms with van der Waals surface area (Å²) in [5.41, 5.74) is 5.20. The van der Waals surface area contributed by atoms with Gasteiger partial charge in [-0.3, -0.25) is 5.43 Å². The molecule has 0 bridgehead atoms. The van der Waals surface area contributed by atoms with Crippen LogP contribution in [0.4, 0.5) is 0 Å². The van der Waals surface area contributed by atoms with Crippen LogP contribution in [-0.4, -0.2) is 31.0 Å². The van der Waals surface area contributed by atoms with Gasteiger partial charge in [0.2, 0.25) is 0 Å². The number of benzene rings is 2. The molecule has 0 aliphatic rings. The molecule has 2 N–H and O–H groups in total. The number of carbonyl (C=O) groups excluding carboxylic acids is 1. The zero-order valence-electron chi connectivity index (χ0n) is 16.1. The molecule has 2 aromatic carbocycles. The quantitative estimate of drug-likeness (QED) is 0.220. The lowest BCUT2D eigenvalue weighted by Crippen LogP contribution is -2.32. The number of rotatable bonds is 9. The van der Waals surface area contributed by atoms with Gasteiger partial charge in [-0.1, -0.05) is 25.5 Å². The summed E-state index contributed by atoms with van der Waals surface area (Å²) >= 11 is 5.13. The van der Waals surface area contributed by atoms with Crippen LogP contribution in [0.5, 0.6) is 5.75 Å². The molecule has 0 fully saturated rings. The van der Waals surface area contributed by atoms with Crippen molar-refractivity contribution in [2.24, 2.45) is 5.10 Å². The average molecular weight is 400 g/mol. The Hall–Kier alpha value is -2.93. The maximum Gasteiger partial charge on any atom is 0.337 e. The Kier molecular flexibility index (Phi) is 8.94. The predicted molar refractivity (Wildman–Crippen MR) is 115 cm³/mol. The van der Waals surface area contributed by atoms with Crippen LogP contribution in [0.3, 0.4) is 0 Å². The van der Waals surface area contributed by atoms with Gasteiger partial charge in [-0.2, -0.15) is 5.10 Å². The molecule has 0 amide bonds.